The second-order valence-corrected chi connectivity index (χ2v) is 18.9. The first-order valence-electron chi connectivity index (χ1n) is 21.6. The zero-order valence-corrected chi connectivity index (χ0v) is 35.4. The minimum atomic E-state index is -0.798. The molecule has 13 nitrogen and oxygen atoms in total. The predicted molar refractivity (Wildman–Crippen MR) is 203 cm³/mol. The molecule has 0 amide bonds. The van der Waals surface area contributed by atoms with E-state index in [0.717, 1.165) is 51.4 Å². The first-order valence-corrected chi connectivity index (χ1v) is 21.6. The van der Waals surface area contributed by atoms with Gasteiger partial charge >= 0.3 is 0 Å². The lowest BCUT2D eigenvalue weighted by Crippen LogP contribution is -2.63. The lowest BCUT2D eigenvalue weighted by molar-refractivity contribution is -0.339. The molecule has 0 spiro atoms. The highest BCUT2D eigenvalue weighted by Gasteiger charge is 2.68. The summed E-state index contributed by atoms with van der Waals surface area (Å²) in [5.74, 6) is 1.22. The number of methoxy groups -OCH3 is 4. The summed E-state index contributed by atoms with van der Waals surface area (Å²) in [5.41, 5.74) is -1.04. The standard InChI is InChI=1S/C43H72O13/c1-23-38(45)32(48-7)19-36(51-23)55-40-25(3)53-37(21-34(40)50-9)56-39-24(2)52-35(20-33(39)49-8)54-27-12-15-41(4)26(18-27)10-11-29-28(41)13-16-42(5)30(31(44)22-47-6)14-17-43(29,42)46/h23-30,32-40,45-46H,10-22H2,1-9H3. The highest BCUT2D eigenvalue weighted by atomic mass is 16.7. The summed E-state index contributed by atoms with van der Waals surface area (Å²) >= 11 is 0. The molecule has 4 aliphatic carbocycles. The Kier molecular flexibility index (Phi) is 13.4. The molecular formula is C43H72O13. The number of carbonyl (C=O) groups is 1. The van der Waals surface area contributed by atoms with Gasteiger partial charge in [0.2, 0.25) is 0 Å². The molecule has 20 unspecified atom stereocenters. The van der Waals surface area contributed by atoms with Crippen molar-refractivity contribution in [2.24, 2.45) is 34.5 Å². The maximum atomic E-state index is 13.1. The van der Waals surface area contributed by atoms with Gasteiger partial charge in [-0.3, -0.25) is 4.79 Å². The number of aliphatic hydroxyl groups excluding tert-OH is 1. The van der Waals surface area contributed by atoms with Gasteiger partial charge in [0, 0.05) is 59.0 Å². The second kappa shape index (κ2) is 17.3. The van der Waals surface area contributed by atoms with Gasteiger partial charge in [0.1, 0.15) is 24.9 Å². The third kappa shape index (κ3) is 7.81. The van der Waals surface area contributed by atoms with Crippen LogP contribution in [0, 0.1) is 34.5 Å². The van der Waals surface area contributed by atoms with Crippen LogP contribution in [0.15, 0.2) is 0 Å². The fourth-order valence-electron chi connectivity index (χ4n) is 13.0. The Morgan fingerprint density at radius 3 is 1.82 bits per heavy atom. The van der Waals surface area contributed by atoms with Crippen molar-refractivity contribution in [1.82, 2.24) is 0 Å². The number of ether oxygens (including phenoxy) is 10. The van der Waals surface area contributed by atoms with Crippen LogP contribution in [-0.2, 0) is 52.2 Å². The average molecular weight is 797 g/mol. The van der Waals surface area contributed by atoms with Gasteiger partial charge in [-0.25, -0.2) is 0 Å². The van der Waals surface area contributed by atoms with Gasteiger partial charge in [-0.1, -0.05) is 13.8 Å². The van der Waals surface area contributed by atoms with E-state index in [2.05, 4.69) is 13.8 Å². The van der Waals surface area contributed by atoms with Gasteiger partial charge in [-0.2, -0.15) is 0 Å². The quantitative estimate of drug-likeness (QED) is 0.257. The van der Waals surface area contributed by atoms with Crippen molar-refractivity contribution in [2.75, 3.05) is 35.0 Å². The lowest BCUT2D eigenvalue weighted by Gasteiger charge is -2.63. The smallest absolute Gasteiger partial charge is 0.162 e. The van der Waals surface area contributed by atoms with Gasteiger partial charge in [-0.15, -0.1) is 0 Å². The van der Waals surface area contributed by atoms with E-state index in [1.807, 2.05) is 20.8 Å². The lowest BCUT2D eigenvalue weighted by atomic mass is 9.43. The maximum absolute atomic E-state index is 13.1. The SMILES string of the molecule is COCC(=O)C1CCC2(O)C3CCC4CC(OC5CC(OC)C(OC6CC(OC)C(OC7CC(OC)C(O)C(C)O7)C(C)O6)C(C)O5)CCC4(C)C3CCC12C. The molecule has 3 heterocycles. The normalized spacial score (nSPS) is 52.2. The molecule has 7 rings (SSSR count). The number of ketones is 1. The maximum Gasteiger partial charge on any atom is 0.162 e. The highest BCUT2D eigenvalue weighted by molar-refractivity contribution is 5.83. The molecule has 13 heteroatoms. The fraction of sp³-hybridized carbons (Fsp3) is 0.977. The van der Waals surface area contributed by atoms with Crippen molar-refractivity contribution in [3.63, 3.8) is 0 Å². The van der Waals surface area contributed by atoms with Crippen LogP contribution in [0.2, 0.25) is 0 Å². The van der Waals surface area contributed by atoms with Crippen molar-refractivity contribution in [1.29, 1.82) is 0 Å². The third-order valence-corrected chi connectivity index (χ3v) is 16.2. The molecule has 0 aromatic heterocycles. The molecule has 7 fully saturated rings. The molecule has 3 saturated heterocycles. The number of rotatable bonds is 12. The Balaban J connectivity index is 0.920. The Hall–Kier alpha value is -0.810. The topological polar surface area (TPSA) is 150 Å². The van der Waals surface area contributed by atoms with E-state index in [4.69, 9.17) is 47.4 Å². The van der Waals surface area contributed by atoms with Crippen molar-refractivity contribution >= 4 is 5.78 Å². The molecule has 0 aromatic carbocycles. The van der Waals surface area contributed by atoms with Gasteiger partial charge in [0.15, 0.2) is 24.7 Å². The summed E-state index contributed by atoms with van der Waals surface area (Å²) in [6.45, 7) is 10.6. The van der Waals surface area contributed by atoms with Crippen LogP contribution in [0.3, 0.4) is 0 Å². The van der Waals surface area contributed by atoms with Crippen LogP contribution >= 0.6 is 0 Å². The molecule has 0 aromatic rings. The molecule has 3 aliphatic heterocycles. The third-order valence-electron chi connectivity index (χ3n) is 16.2. The van der Waals surface area contributed by atoms with Gasteiger partial charge in [-0.05, 0) is 102 Å². The van der Waals surface area contributed by atoms with E-state index in [1.165, 1.54) is 0 Å². The minimum absolute atomic E-state index is 0.0942. The highest BCUT2D eigenvalue weighted by Crippen LogP contribution is 2.69. The van der Waals surface area contributed by atoms with Crippen molar-refractivity contribution < 1.29 is 62.4 Å². The van der Waals surface area contributed by atoms with E-state index >= 15 is 0 Å². The Morgan fingerprint density at radius 2 is 1.23 bits per heavy atom. The molecule has 56 heavy (non-hydrogen) atoms. The minimum Gasteiger partial charge on any atom is -0.389 e. The molecule has 20 atom stereocenters. The predicted octanol–water partition coefficient (Wildman–Crippen LogP) is 4.94. The van der Waals surface area contributed by atoms with Crippen LogP contribution in [-0.4, -0.2) is 137 Å². The van der Waals surface area contributed by atoms with Crippen LogP contribution in [0.5, 0.6) is 0 Å². The van der Waals surface area contributed by atoms with Gasteiger partial charge in [0.05, 0.1) is 48.3 Å². The summed E-state index contributed by atoms with van der Waals surface area (Å²) in [6, 6.07) is 0. The van der Waals surface area contributed by atoms with Gasteiger partial charge < -0.3 is 57.6 Å². The molecule has 4 saturated carbocycles. The Morgan fingerprint density at radius 1 is 0.661 bits per heavy atom. The largest absolute Gasteiger partial charge is 0.389 e. The number of fused-ring (bicyclic) bond motifs is 5. The van der Waals surface area contributed by atoms with E-state index in [1.54, 1.807) is 28.4 Å². The molecule has 7 aliphatic rings. The summed E-state index contributed by atoms with van der Waals surface area (Å²) < 4.78 is 61.3. The van der Waals surface area contributed by atoms with E-state index in [9.17, 15) is 15.0 Å². The molecular weight excluding hydrogens is 724 g/mol. The van der Waals surface area contributed by atoms with E-state index in [-0.39, 0.29) is 77.8 Å². The first kappa shape index (κ1) is 43.3. The number of hydrogen-bond donors (Lipinski definition) is 2. The van der Waals surface area contributed by atoms with Crippen LogP contribution < -0.4 is 0 Å². The Labute approximate surface area is 334 Å². The number of aliphatic hydroxyl groups is 2. The van der Waals surface area contributed by atoms with Crippen molar-refractivity contribution in [3.05, 3.63) is 0 Å². The summed E-state index contributed by atoms with van der Waals surface area (Å²) in [5, 5.41) is 22.9. The molecule has 2 N–H and O–H groups in total. The molecule has 322 valence electrons. The number of Topliss-reactive ketones (excluding diaryl/α,β-unsaturated/α-hetero) is 1. The van der Waals surface area contributed by atoms with Crippen LogP contribution in [0.1, 0.15) is 112 Å². The molecule has 0 bridgehead atoms. The van der Waals surface area contributed by atoms with Crippen molar-refractivity contribution in [3.8, 4) is 0 Å². The fourth-order valence-corrected chi connectivity index (χ4v) is 13.0. The first-order chi connectivity index (χ1) is 26.7. The zero-order valence-electron chi connectivity index (χ0n) is 35.4. The van der Waals surface area contributed by atoms with E-state index in [0.29, 0.717) is 37.5 Å². The van der Waals surface area contributed by atoms with Crippen LogP contribution in [0.25, 0.3) is 0 Å². The summed E-state index contributed by atoms with van der Waals surface area (Å²) in [4.78, 5) is 13.1. The number of hydrogen-bond acceptors (Lipinski definition) is 13. The Bertz CT molecular complexity index is 1340. The monoisotopic (exact) mass is 796 g/mol. The summed E-state index contributed by atoms with van der Waals surface area (Å²) in [6.07, 6.45) is 5.01. The second-order valence-electron chi connectivity index (χ2n) is 18.9. The van der Waals surface area contributed by atoms with Crippen LogP contribution in [0.4, 0.5) is 0 Å². The van der Waals surface area contributed by atoms with E-state index < -0.39 is 42.8 Å². The average Bonchev–Trinajstić information content (AvgIpc) is 3.45. The summed E-state index contributed by atoms with van der Waals surface area (Å²) in [7, 11) is 6.55. The van der Waals surface area contributed by atoms with Crippen molar-refractivity contribution in [2.45, 2.75) is 197 Å². The zero-order chi connectivity index (χ0) is 40.2. The number of carbonyl (C=O) groups excluding carboxylic acids is 1. The molecule has 0 radical (unpaired) electrons. The van der Waals surface area contributed by atoms with Gasteiger partial charge in [0.25, 0.3) is 0 Å².